The normalized spacial score (nSPS) is 27.1. The summed E-state index contributed by atoms with van der Waals surface area (Å²) >= 11 is 0. The van der Waals surface area contributed by atoms with E-state index in [-0.39, 0.29) is 6.42 Å². The molecule has 1 aliphatic heterocycles. The zero-order valence-corrected chi connectivity index (χ0v) is 18.8. The molecule has 1 fully saturated rings. The number of hydrogen-bond donors (Lipinski definition) is 8. The lowest BCUT2D eigenvalue weighted by molar-refractivity contribution is -0.266. The average Bonchev–Trinajstić information content (AvgIpc) is 2.74. The first-order valence-electron chi connectivity index (χ1n) is 10.4. The van der Waals surface area contributed by atoms with E-state index in [1.165, 1.54) is 13.8 Å². The van der Waals surface area contributed by atoms with Gasteiger partial charge in [0.25, 0.3) is 0 Å². The first-order valence-corrected chi connectivity index (χ1v) is 10.4. The van der Waals surface area contributed by atoms with Crippen LogP contribution in [-0.4, -0.2) is 111 Å². The third kappa shape index (κ3) is 8.49. The molecule has 3 amide bonds. The Kier molecular flexibility index (Phi) is 11.3. The molecule has 0 aromatic heterocycles. The molecule has 0 aromatic rings. The summed E-state index contributed by atoms with van der Waals surface area (Å²) in [5.41, 5.74) is 0. The van der Waals surface area contributed by atoms with Crippen LogP contribution in [0.15, 0.2) is 0 Å². The van der Waals surface area contributed by atoms with Crippen LogP contribution in [0.1, 0.15) is 33.6 Å². The summed E-state index contributed by atoms with van der Waals surface area (Å²) in [6.07, 6.45) is -8.02. The van der Waals surface area contributed by atoms with E-state index >= 15 is 0 Å². The van der Waals surface area contributed by atoms with Crippen LogP contribution < -0.4 is 16.0 Å². The number of aliphatic carboxylic acids is 2. The van der Waals surface area contributed by atoms with Crippen molar-refractivity contribution in [3.05, 3.63) is 0 Å². The largest absolute Gasteiger partial charge is 0.481 e. The van der Waals surface area contributed by atoms with Crippen molar-refractivity contribution >= 4 is 29.7 Å². The number of nitrogens with one attached hydrogen (secondary N) is 3. The topological polar surface area (TPSA) is 241 Å². The smallest absolute Gasteiger partial charge is 0.326 e. The molecule has 194 valence electrons. The minimum atomic E-state index is -1.66. The number of carbonyl (C=O) groups excluding carboxylic acids is 3. The number of amides is 3. The predicted octanol–water partition coefficient (Wildman–Crippen LogP) is -3.73. The van der Waals surface area contributed by atoms with Crippen molar-refractivity contribution in [1.82, 2.24) is 16.0 Å². The number of carboxylic acids is 2. The number of ether oxygens (including phenoxy) is 2. The highest BCUT2D eigenvalue weighted by Crippen LogP contribution is 2.23. The number of rotatable bonds is 12. The molecular formula is C19H31N3O12. The van der Waals surface area contributed by atoms with E-state index in [4.69, 9.17) is 19.7 Å². The van der Waals surface area contributed by atoms with E-state index < -0.39 is 91.5 Å². The highest BCUT2D eigenvalue weighted by Gasteiger charge is 2.47. The van der Waals surface area contributed by atoms with Crippen LogP contribution in [-0.2, 0) is 33.4 Å². The molecule has 0 spiro atoms. The molecule has 1 saturated heterocycles. The van der Waals surface area contributed by atoms with Crippen LogP contribution in [0.2, 0.25) is 0 Å². The minimum Gasteiger partial charge on any atom is -0.481 e. The van der Waals surface area contributed by atoms with Crippen LogP contribution in [0.5, 0.6) is 0 Å². The molecule has 1 rings (SSSR count). The zero-order chi connectivity index (χ0) is 26.2. The number of aliphatic hydroxyl groups is 3. The molecule has 8 N–H and O–H groups in total. The summed E-state index contributed by atoms with van der Waals surface area (Å²) in [6.45, 7) is 2.98. The van der Waals surface area contributed by atoms with Gasteiger partial charge in [0, 0.05) is 13.3 Å². The van der Waals surface area contributed by atoms with E-state index in [0.717, 1.165) is 6.92 Å². The summed E-state index contributed by atoms with van der Waals surface area (Å²) in [6, 6.07) is -4.01. The Labute approximate surface area is 194 Å². The lowest BCUT2D eigenvalue weighted by atomic mass is 9.96. The van der Waals surface area contributed by atoms with Crippen molar-refractivity contribution in [2.75, 3.05) is 6.61 Å². The first kappa shape index (κ1) is 29.2. The predicted molar refractivity (Wildman–Crippen MR) is 110 cm³/mol. The second-order valence-electron chi connectivity index (χ2n) is 7.77. The average molecular weight is 493 g/mol. The van der Waals surface area contributed by atoms with E-state index in [0.29, 0.717) is 0 Å². The van der Waals surface area contributed by atoms with Gasteiger partial charge in [0.2, 0.25) is 17.7 Å². The van der Waals surface area contributed by atoms with E-state index in [1.807, 2.05) is 0 Å². The maximum Gasteiger partial charge on any atom is 0.326 e. The van der Waals surface area contributed by atoms with Gasteiger partial charge >= 0.3 is 11.9 Å². The molecule has 1 unspecified atom stereocenters. The second-order valence-corrected chi connectivity index (χ2v) is 7.77. The fourth-order valence-corrected chi connectivity index (χ4v) is 3.15. The summed E-state index contributed by atoms with van der Waals surface area (Å²) < 4.78 is 10.6. The number of hydrogen-bond acceptors (Lipinski definition) is 10. The van der Waals surface area contributed by atoms with Gasteiger partial charge in [-0.1, -0.05) is 0 Å². The Balaban J connectivity index is 2.80. The lowest BCUT2D eigenvalue weighted by Crippen LogP contribution is -2.65. The van der Waals surface area contributed by atoms with Crippen molar-refractivity contribution in [2.45, 2.75) is 82.4 Å². The second kappa shape index (κ2) is 13.1. The number of carbonyl (C=O) groups is 5. The molecule has 1 aliphatic rings. The summed E-state index contributed by atoms with van der Waals surface area (Å²) in [4.78, 5) is 58.1. The first-order chi connectivity index (χ1) is 15.8. The summed E-state index contributed by atoms with van der Waals surface area (Å²) in [5.74, 6) is -5.02. The fourth-order valence-electron chi connectivity index (χ4n) is 3.15. The van der Waals surface area contributed by atoms with Crippen LogP contribution in [0, 0.1) is 0 Å². The van der Waals surface area contributed by atoms with Gasteiger partial charge in [-0.25, -0.2) is 4.79 Å². The van der Waals surface area contributed by atoms with Gasteiger partial charge in [-0.3, -0.25) is 19.2 Å². The van der Waals surface area contributed by atoms with Gasteiger partial charge < -0.3 is 51.0 Å². The van der Waals surface area contributed by atoms with Crippen LogP contribution in [0.25, 0.3) is 0 Å². The lowest BCUT2D eigenvalue weighted by Gasteiger charge is -2.43. The summed E-state index contributed by atoms with van der Waals surface area (Å²) in [7, 11) is 0. The van der Waals surface area contributed by atoms with Gasteiger partial charge in [-0.05, 0) is 20.3 Å². The van der Waals surface area contributed by atoms with E-state index in [2.05, 4.69) is 16.0 Å². The van der Waals surface area contributed by atoms with Crippen molar-refractivity contribution in [3.8, 4) is 0 Å². The molecule has 1 heterocycles. The van der Waals surface area contributed by atoms with Crippen molar-refractivity contribution in [2.24, 2.45) is 0 Å². The SMILES string of the molecule is CC(=O)N[C@H]1C(O)O[C@H](CO)[C@@H](O)[C@@H]1O[C@H](C)C(=O)N[C@@H](C)C(=O)N[C@H](CCC(=O)O)C(=O)O. The van der Waals surface area contributed by atoms with E-state index in [9.17, 15) is 39.3 Å². The molecule has 0 aliphatic carbocycles. The maximum atomic E-state index is 12.5. The Hall–Kier alpha value is -2.85. The Morgan fingerprint density at radius 2 is 1.65 bits per heavy atom. The molecule has 34 heavy (non-hydrogen) atoms. The molecule has 0 radical (unpaired) electrons. The zero-order valence-electron chi connectivity index (χ0n) is 18.8. The van der Waals surface area contributed by atoms with Crippen LogP contribution in [0.4, 0.5) is 0 Å². The molecule has 0 aromatic carbocycles. The van der Waals surface area contributed by atoms with Gasteiger partial charge in [0.15, 0.2) is 6.29 Å². The quantitative estimate of drug-likeness (QED) is 0.131. The highest BCUT2D eigenvalue weighted by molar-refractivity contribution is 5.91. The fraction of sp³-hybridized carbons (Fsp3) is 0.737. The minimum absolute atomic E-state index is 0.364. The van der Waals surface area contributed by atoms with Crippen molar-refractivity contribution in [3.63, 3.8) is 0 Å². The van der Waals surface area contributed by atoms with Crippen molar-refractivity contribution < 1.29 is 59.0 Å². The standard InChI is InChI=1S/C19H31N3O12/c1-7(16(28)22-10(18(30)31)4-5-12(25)26)20-17(29)8(2)33-15-13(21-9(3)24)19(32)34-11(6-23)14(15)27/h7-8,10-11,13-15,19,23,27,32H,4-6H2,1-3H3,(H,20,29)(H,21,24)(H,22,28)(H,25,26)(H,30,31)/t7-,8+,10+,11+,13+,14+,15+,19?/m0/s1. The number of carboxylic acid groups (broad SMARTS) is 2. The van der Waals surface area contributed by atoms with Gasteiger partial charge in [0.05, 0.1) is 6.61 Å². The summed E-state index contributed by atoms with van der Waals surface area (Å²) in [5, 5.41) is 54.4. The van der Waals surface area contributed by atoms with Crippen LogP contribution >= 0.6 is 0 Å². The monoisotopic (exact) mass is 493 g/mol. The van der Waals surface area contributed by atoms with Gasteiger partial charge in [-0.2, -0.15) is 0 Å². The Bertz CT molecular complexity index is 763. The van der Waals surface area contributed by atoms with Crippen molar-refractivity contribution in [1.29, 1.82) is 0 Å². The maximum absolute atomic E-state index is 12.5. The molecule has 8 atom stereocenters. The third-order valence-corrected chi connectivity index (χ3v) is 4.99. The van der Waals surface area contributed by atoms with Gasteiger partial charge in [0.1, 0.15) is 42.5 Å². The molecular weight excluding hydrogens is 462 g/mol. The Morgan fingerprint density at radius 1 is 1.03 bits per heavy atom. The molecule has 0 saturated carbocycles. The Morgan fingerprint density at radius 3 is 2.15 bits per heavy atom. The third-order valence-electron chi connectivity index (χ3n) is 4.99. The highest BCUT2D eigenvalue weighted by atomic mass is 16.6. The molecule has 15 heteroatoms. The van der Waals surface area contributed by atoms with Crippen LogP contribution in [0.3, 0.4) is 0 Å². The molecule has 15 nitrogen and oxygen atoms in total. The number of aliphatic hydroxyl groups excluding tert-OH is 3. The van der Waals surface area contributed by atoms with E-state index in [1.54, 1.807) is 0 Å². The molecule has 0 bridgehead atoms. The van der Waals surface area contributed by atoms with Gasteiger partial charge in [-0.15, -0.1) is 0 Å².